The summed E-state index contributed by atoms with van der Waals surface area (Å²) in [6.45, 7) is 1.59. The lowest BCUT2D eigenvalue weighted by Gasteiger charge is -2.17. The van der Waals surface area contributed by atoms with Gasteiger partial charge in [-0.3, -0.25) is 25.2 Å². The molecule has 1 amide bonds. The summed E-state index contributed by atoms with van der Waals surface area (Å²) in [7, 11) is 0. The number of nitrogens with zero attached hydrogens (tertiary/aromatic N) is 4. The van der Waals surface area contributed by atoms with Gasteiger partial charge in [0.25, 0.3) is 11.6 Å². The number of aromatic nitrogens is 2. The van der Waals surface area contributed by atoms with E-state index < -0.39 is 10.8 Å². The number of hydrogen-bond donors (Lipinski definition) is 1. The topological polar surface area (TPSA) is 101 Å². The average Bonchev–Trinajstić information content (AvgIpc) is 3.40. The number of benzene rings is 1. The van der Waals surface area contributed by atoms with Crippen LogP contribution in [0.1, 0.15) is 23.2 Å². The van der Waals surface area contributed by atoms with E-state index in [0.717, 1.165) is 25.9 Å². The molecular weight excluding hydrogens is 378 g/mol. The molecule has 8 nitrogen and oxygen atoms in total. The van der Waals surface area contributed by atoms with Crippen molar-refractivity contribution < 1.29 is 9.72 Å². The van der Waals surface area contributed by atoms with Gasteiger partial charge in [-0.2, -0.15) is 0 Å². The summed E-state index contributed by atoms with van der Waals surface area (Å²) in [6.07, 6.45) is 3.71. The molecule has 142 valence electrons. The van der Waals surface area contributed by atoms with E-state index in [2.05, 4.69) is 15.3 Å². The van der Waals surface area contributed by atoms with Gasteiger partial charge in [-0.05, 0) is 37.1 Å². The number of nitro benzene ring substituents is 1. The standard InChI is InChI=1S/C19H17N5O3S/c25-18(22-19-21-15(12-28-19)14-5-1-2-8-20-14)13-6-7-16(17(11-13)24(26)27)23-9-3-4-10-23/h1-2,5-8,11-12H,3-4,9-10H2,(H,21,22,25). The van der Waals surface area contributed by atoms with Gasteiger partial charge in [0.15, 0.2) is 5.13 Å². The Morgan fingerprint density at radius 2 is 2.00 bits per heavy atom. The fourth-order valence-electron chi connectivity index (χ4n) is 3.17. The van der Waals surface area contributed by atoms with Gasteiger partial charge in [0, 0.05) is 36.3 Å². The number of amides is 1. The zero-order chi connectivity index (χ0) is 19.5. The van der Waals surface area contributed by atoms with Crippen LogP contribution in [0.15, 0.2) is 48.0 Å². The van der Waals surface area contributed by atoms with Crippen molar-refractivity contribution in [3.05, 3.63) is 63.7 Å². The number of hydrogen-bond acceptors (Lipinski definition) is 7. The number of carbonyl (C=O) groups is 1. The quantitative estimate of drug-likeness (QED) is 0.518. The van der Waals surface area contributed by atoms with Gasteiger partial charge in [0.1, 0.15) is 11.4 Å². The molecule has 3 aromatic rings. The molecule has 0 bridgehead atoms. The number of thiazole rings is 1. The maximum atomic E-state index is 12.6. The molecule has 0 aliphatic carbocycles. The summed E-state index contributed by atoms with van der Waals surface area (Å²) in [5.74, 6) is -0.432. The molecular formula is C19H17N5O3S. The third-order valence-corrected chi connectivity index (χ3v) is 5.29. The fraction of sp³-hybridized carbons (Fsp3) is 0.211. The Morgan fingerprint density at radius 1 is 1.18 bits per heavy atom. The van der Waals surface area contributed by atoms with E-state index in [9.17, 15) is 14.9 Å². The minimum Gasteiger partial charge on any atom is -0.366 e. The van der Waals surface area contributed by atoms with Crippen LogP contribution in [0.4, 0.5) is 16.5 Å². The molecule has 4 rings (SSSR count). The first-order valence-corrected chi connectivity index (χ1v) is 9.71. The van der Waals surface area contributed by atoms with Crippen molar-refractivity contribution in [2.75, 3.05) is 23.3 Å². The van der Waals surface area contributed by atoms with E-state index in [-0.39, 0.29) is 11.3 Å². The van der Waals surface area contributed by atoms with Crippen molar-refractivity contribution in [3.8, 4) is 11.4 Å². The number of pyridine rings is 1. The second-order valence-corrected chi connectivity index (χ2v) is 7.22. The Balaban J connectivity index is 1.54. The van der Waals surface area contributed by atoms with E-state index >= 15 is 0 Å². The zero-order valence-corrected chi connectivity index (χ0v) is 15.7. The molecule has 0 saturated carbocycles. The first kappa shape index (κ1) is 18.1. The Labute approximate surface area is 165 Å². The Morgan fingerprint density at radius 3 is 2.71 bits per heavy atom. The van der Waals surface area contributed by atoms with Gasteiger partial charge < -0.3 is 4.90 Å². The van der Waals surface area contributed by atoms with Gasteiger partial charge in [-0.1, -0.05) is 6.07 Å². The highest BCUT2D eigenvalue weighted by Gasteiger charge is 2.24. The highest BCUT2D eigenvalue weighted by molar-refractivity contribution is 7.14. The monoisotopic (exact) mass is 395 g/mol. The number of nitrogens with one attached hydrogen (secondary N) is 1. The van der Waals surface area contributed by atoms with Crippen molar-refractivity contribution in [3.63, 3.8) is 0 Å². The Bertz CT molecular complexity index is 1020. The van der Waals surface area contributed by atoms with Gasteiger partial charge in [0.05, 0.1) is 10.6 Å². The molecule has 1 fully saturated rings. The minimum absolute atomic E-state index is 0.0529. The lowest BCUT2D eigenvalue weighted by Crippen LogP contribution is -2.19. The average molecular weight is 395 g/mol. The predicted octanol–water partition coefficient (Wildman–Crippen LogP) is 3.97. The highest BCUT2D eigenvalue weighted by Crippen LogP contribution is 2.32. The molecule has 0 radical (unpaired) electrons. The van der Waals surface area contributed by atoms with E-state index in [4.69, 9.17) is 0 Å². The Kier molecular flexibility index (Phi) is 4.98. The van der Waals surface area contributed by atoms with Crippen molar-refractivity contribution in [1.82, 2.24) is 9.97 Å². The molecule has 1 aromatic carbocycles. The lowest BCUT2D eigenvalue weighted by molar-refractivity contribution is -0.384. The molecule has 1 saturated heterocycles. The summed E-state index contributed by atoms with van der Waals surface area (Å²) < 4.78 is 0. The number of carbonyl (C=O) groups excluding carboxylic acids is 1. The van der Waals surface area contributed by atoms with Crippen LogP contribution in [-0.4, -0.2) is 33.9 Å². The number of anilines is 2. The normalized spacial score (nSPS) is 13.5. The van der Waals surface area contributed by atoms with Crippen molar-refractivity contribution in [2.24, 2.45) is 0 Å². The minimum atomic E-state index is -0.437. The second-order valence-electron chi connectivity index (χ2n) is 6.36. The third-order valence-electron chi connectivity index (χ3n) is 4.53. The van der Waals surface area contributed by atoms with Crippen LogP contribution in [-0.2, 0) is 0 Å². The molecule has 28 heavy (non-hydrogen) atoms. The maximum absolute atomic E-state index is 12.6. The van der Waals surface area contributed by atoms with Crippen LogP contribution in [0.2, 0.25) is 0 Å². The van der Waals surface area contributed by atoms with Crippen molar-refractivity contribution in [1.29, 1.82) is 0 Å². The fourth-order valence-corrected chi connectivity index (χ4v) is 3.87. The summed E-state index contributed by atoms with van der Waals surface area (Å²) in [6, 6.07) is 10.1. The van der Waals surface area contributed by atoms with Gasteiger partial charge in [-0.25, -0.2) is 4.98 Å². The molecule has 3 heterocycles. The number of rotatable bonds is 5. The van der Waals surface area contributed by atoms with Gasteiger partial charge in [0.2, 0.25) is 0 Å². The Hall–Kier alpha value is -3.33. The van der Waals surface area contributed by atoms with Crippen LogP contribution < -0.4 is 10.2 Å². The molecule has 1 aliphatic heterocycles. The maximum Gasteiger partial charge on any atom is 0.293 e. The van der Waals surface area contributed by atoms with Gasteiger partial charge >= 0.3 is 0 Å². The van der Waals surface area contributed by atoms with Crippen LogP contribution in [0.5, 0.6) is 0 Å². The SMILES string of the molecule is O=C(Nc1nc(-c2ccccn2)cs1)c1ccc(N2CCCC2)c([N+](=O)[O-])c1. The molecule has 0 unspecified atom stereocenters. The van der Waals surface area contributed by atoms with Crippen LogP contribution in [0.25, 0.3) is 11.4 Å². The van der Waals surface area contributed by atoms with Gasteiger partial charge in [-0.15, -0.1) is 11.3 Å². The zero-order valence-electron chi connectivity index (χ0n) is 14.9. The largest absolute Gasteiger partial charge is 0.366 e. The van der Waals surface area contributed by atoms with Crippen LogP contribution in [0.3, 0.4) is 0 Å². The second kappa shape index (κ2) is 7.73. The molecule has 0 spiro atoms. The lowest BCUT2D eigenvalue weighted by atomic mass is 10.1. The van der Waals surface area contributed by atoms with E-state index in [0.29, 0.717) is 22.2 Å². The van der Waals surface area contributed by atoms with E-state index in [1.165, 1.54) is 17.4 Å². The first-order valence-electron chi connectivity index (χ1n) is 8.83. The summed E-state index contributed by atoms with van der Waals surface area (Å²) in [5.41, 5.74) is 2.11. The molecule has 2 aromatic heterocycles. The highest BCUT2D eigenvalue weighted by atomic mass is 32.1. The molecule has 9 heteroatoms. The summed E-state index contributed by atoms with van der Waals surface area (Å²) in [4.78, 5) is 34.2. The van der Waals surface area contributed by atoms with Crippen LogP contribution in [0, 0.1) is 10.1 Å². The summed E-state index contributed by atoms with van der Waals surface area (Å²) in [5, 5.41) is 16.4. The van der Waals surface area contributed by atoms with E-state index in [1.807, 2.05) is 23.1 Å². The molecule has 1 N–H and O–H groups in total. The smallest absolute Gasteiger partial charge is 0.293 e. The van der Waals surface area contributed by atoms with E-state index in [1.54, 1.807) is 23.7 Å². The van der Waals surface area contributed by atoms with Crippen molar-refractivity contribution in [2.45, 2.75) is 12.8 Å². The van der Waals surface area contributed by atoms with Crippen molar-refractivity contribution >= 4 is 33.8 Å². The van der Waals surface area contributed by atoms with Crippen LogP contribution >= 0.6 is 11.3 Å². The molecule has 0 atom stereocenters. The number of nitro groups is 1. The molecule has 1 aliphatic rings. The first-order chi connectivity index (χ1) is 13.6. The third kappa shape index (κ3) is 3.70. The summed E-state index contributed by atoms with van der Waals surface area (Å²) >= 11 is 1.28. The predicted molar refractivity (Wildman–Crippen MR) is 108 cm³/mol.